The van der Waals surface area contributed by atoms with E-state index >= 15 is 0 Å². The minimum atomic E-state index is -4.83. The van der Waals surface area contributed by atoms with Crippen molar-refractivity contribution in [3.63, 3.8) is 0 Å². The van der Waals surface area contributed by atoms with Gasteiger partial charge in [0, 0.05) is 20.3 Å². The molecule has 0 saturated carbocycles. The van der Waals surface area contributed by atoms with E-state index in [1.807, 2.05) is 22.6 Å². The summed E-state index contributed by atoms with van der Waals surface area (Å²) in [7, 11) is 0. The van der Waals surface area contributed by atoms with Gasteiger partial charge in [-0.3, -0.25) is 4.79 Å². The number of ketones is 1. The highest BCUT2D eigenvalue weighted by molar-refractivity contribution is 14.1. The summed E-state index contributed by atoms with van der Waals surface area (Å²) in [4.78, 5) is 10.5. The van der Waals surface area contributed by atoms with Crippen molar-refractivity contribution in [2.75, 3.05) is 5.32 Å². The molecule has 0 fully saturated rings. The molecule has 0 bridgehead atoms. The molecule has 0 aliphatic heterocycles. The number of hydrogen-bond donors (Lipinski definition) is 1. The minimum Gasteiger partial charge on any atom is -0.361 e. The molecule has 1 N–H and O–H groups in total. The van der Waals surface area contributed by atoms with Crippen LogP contribution in [-0.4, -0.2) is 12.0 Å². The van der Waals surface area contributed by atoms with E-state index in [0.717, 1.165) is 14.2 Å². The van der Waals surface area contributed by atoms with Crippen LogP contribution in [0.3, 0.4) is 0 Å². The Kier molecular flexibility index (Phi) is 4.99. The number of carbonyl (C=O) groups is 1. The van der Waals surface area contributed by atoms with Gasteiger partial charge in [0.15, 0.2) is 0 Å². The van der Waals surface area contributed by atoms with Crippen molar-refractivity contribution < 1.29 is 18.0 Å². The second-order valence-corrected chi connectivity index (χ2v) is 5.04. The van der Waals surface area contributed by atoms with E-state index in [-0.39, 0.29) is 0 Å². The predicted molar refractivity (Wildman–Crippen MR) is 70.7 cm³/mol. The Bertz CT molecular complexity index is 459. The number of halogens is 5. The zero-order valence-electron chi connectivity index (χ0n) is 8.18. The Morgan fingerprint density at radius 1 is 1.41 bits per heavy atom. The Morgan fingerprint density at radius 3 is 2.59 bits per heavy atom. The van der Waals surface area contributed by atoms with Crippen LogP contribution in [0.4, 0.5) is 18.9 Å². The minimum absolute atomic E-state index is 0.456. The summed E-state index contributed by atoms with van der Waals surface area (Å²) < 4.78 is 37.3. The van der Waals surface area contributed by atoms with Gasteiger partial charge in [0.05, 0.1) is 5.69 Å². The molecule has 2 nitrogen and oxygen atoms in total. The summed E-state index contributed by atoms with van der Waals surface area (Å²) >= 11 is 5.29. The van der Waals surface area contributed by atoms with Crippen molar-refractivity contribution in [2.24, 2.45) is 0 Å². The van der Waals surface area contributed by atoms with Crippen molar-refractivity contribution in [1.29, 1.82) is 0 Å². The normalized spacial score (nSPS) is 11.8. The first-order valence-corrected chi connectivity index (χ1v) is 6.17. The number of carbonyl (C=O) groups excluding carboxylic acids is 1. The lowest BCUT2D eigenvalue weighted by Crippen LogP contribution is -2.20. The lowest BCUT2D eigenvalue weighted by molar-refractivity contribution is -0.165. The lowest BCUT2D eigenvalue weighted by Gasteiger charge is -2.04. The van der Waals surface area contributed by atoms with E-state index in [0.29, 0.717) is 11.8 Å². The SMILES string of the molecule is O=C(/C=C/Nc1ccc(Br)cc1I)C(F)(F)F. The predicted octanol–water partition coefficient (Wildman–Crippen LogP) is 4.11. The molecule has 0 aliphatic carbocycles. The fraction of sp³-hybridized carbons (Fsp3) is 0.100. The molecule has 0 unspecified atom stereocenters. The Hall–Kier alpha value is -0.570. The first-order valence-electron chi connectivity index (χ1n) is 4.30. The van der Waals surface area contributed by atoms with E-state index in [2.05, 4.69) is 21.2 Å². The molecule has 0 spiro atoms. The van der Waals surface area contributed by atoms with Crippen LogP contribution >= 0.6 is 38.5 Å². The fourth-order valence-corrected chi connectivity index (χ4v) is 2.37. The topological polar surface area (TPSA) is 29.1 Å². The molecule has 0 saturated heterocycles. The van der Waals surface area contributed by atoms with Crippen LogP contribution in [0.2, 0.25) is 0 Å². The van der Waals surface area contributed by atoms with Gasteiger partial charge >= 0.3 is 6.18 Å². The fourth-order valence-electron chi connectivity index (χ4n) is 0.908. The molecule has 7 heteroatoms. The number of allylic oxidation sites excluding steroid dienone is 1. The van der Waals surface area contributed by atoms with Crippen molar-refractivity contribution in [3.05, 3.63) is 38.5 Å². The molecule has 0 atom stereocenters. The first-order chi connectivity index (χ1) is 7.80. The van der Waals surface area contributed by atoms with Gasteiger partial charge in [-0.15, -0.1) is 0 Å². The van der Waals surface area contributed by atoms with Gasteiger partial charge in [-0.1, -0.05) is 15.9 Å². The maximum atomic E-state index is 11.9. The van der Waals surface area contributed by atoms with Crippen molar-refractivity contribution >= 4 is 50.0 Å². The van der Waals surface area contributed by atoms with Gasteiger partial charge < -0.3 is 5.32 Å². The highest BCUT2D eigenvalue weighted by Gasteiger charge is 2.35. The average Bonchev–Trinajstić information content (AvgIpc) is 2.19. The summed E-state index contributed by atoms with van der Waals surface area (Å²) in [5.74, 6) is -1.89. The molecule has 1 aromatic rings. The number of alkyl halides is 3. The Balaban J connectivity index is 2.68. The van der Waals surface area contributed by atoms with Crippen LogP contribution in [0, 0.1) is 3.57 Å². The quantitative estimate of drug-likeness (QED) is 0.590. The molecular formula is C10H6BrF3INO. The molecule has 0 radical (unpaired) electrons. The van der Waals surface area contributed by atoms with Gasteiger partial charge in [0.25, 0.3) is 5.78 Å². The summed E-state index contributed by atoms with van der Waals surface area (Å²) in [5, 5.41) is 2.61. The second kappa shape index (κ2) is 5.85. The van der Waals surface area contributed by atoms with Gasteiger partial charge in [-0.05, 0) is 40.8 Å². The molecule has 1 aromatic carbocycles. The Labute approximate surface area is 118 Å². The maximum absolute atomic E-state index is 11.9. The standard InChI is InChI=1S/C10H6BrF3INO/c11-6-1-2-8(7(15)5-6)16-4-3-9(17)10(12,13)14/h1-5,16H/b4-3+. The van der Waals surface area contributed by atoms with Crippen LogP contribution in [0.1, 0.15) is 0 Å². The van der Waals surface area contributed by atoms with Crippen LogP contribution in [-0.2, 0) is 4.79 Å². The van der Waals surface area contributed by atoms with Crippen LogP contribution in [0.5, 0.6) is 0 Å². The van der Waals surface area contributed by atoms with Crippen LogP contribution in [0.15, 0.2) is 34.9 Å². The highest BCUT2D eigenvalue weighted by atomic mass is 127. The zero-order valence-corrected chi connectivity index (χ0v) is 11.9. The van der Waals surface area contributed by atoms with Gasteiger partial charge in [0.2, 0.25) is 0 Å². The van der Waals surface area contributed by atoms with Crippen molar-refractivity contribution in [2.45, 2.75) is 6.18 Å². The highest BCUT2D eigenvalue weighted by Crippen LogP contribution is 2.22. The summed E-state index contributed by atoms with van der Waals surface area (Å²) in [5.41, 5.74) is 0.625. The average molecular weight is 420 g/mol. The monoisotopic (exact) mass is 419 g/mol. The van der Waals surface area contributed by atoms with Crippen molar-refractivity contribution in [3.8, 4) is 0 Å². The molecule has 0 aromatic heterocycles. The molecule has 0 heterocycles. The number of nitrogens with one attached hydrogen (secondary N) is 1. The molecule has 17 heavy (non-hydrogen) atoms. The van der Waals surface area contributed by atoms with Gasteiger partial charge in [-0.25, -0.2) is 0 Å². The van der Waals surface area contributed by atoms with Crippen molar-refractivity contribution in [1.82, 2.24) is 0 Å². The van der Waals surface area contributed by atoms with E-state index in [1.165, 1.54) is 0 Å². The molecule has 0 amide bonds. The zero-order chi connectivity index (χ0) is 13.1. The number of rotatable bonds is 3. The summed E-state index contributed by atoms with van der Waals surface area (Å²) in [6, 6.07) is 5.22. The molecule has 0 aliphatic rings. The third kappa shape index (κ3) is 4.66. The number of benzene rings is 1. The summed E-state index contributed by atoms with van der Waals surface area (Å²) in [6.07, 6.45) is -3.40. The summed E-state index contributed by atoms with van der Waals surface area (Å²) in [6.45, 7) is 0. The molecular weight excluding hydrogens is 414 g/mol. The third-order valence-corrected chi connectivity index (χ3v) is 3.07. The number of hydrogen-bond acceptors (Lipinski definition) is 2. The largest absolute Gasteiger partial charge is 0.454 e. The van der Waals surface area contributed by atoms with E-state index < -0.39 is 12.0 Å². The third-order valence-electron chi connectivity index (χ3n) is 1.68. The molecule has 92 valence electrons. The van der Waals surface area contributed by atoms with E-state index in [4.69, 9.17) is 0 Å². The van der Waals surface area contributed by atoms with Gasteiger partial charge in [-0.2, -0.15) is 13.2 Å². The number of anilines is 1. The smallest absolute Gasteiger partial charge is 0.361 e. The van der Waals surface area contributed by atoms with Gasteiger partial charge in [0.1, 0.15) is 0 Å². The first kappa shape index (κ1) is 14.5. The van der Waals surface area contributed by atoms with E-state index in [1.54, 1.807) is 18.2 Å². The molecule has 1 rings (SSSR count). The maximum Gasteiger partial charge on any atom is 0.454 e. The van der Waals surface area contributed by atoms with E-state index in [9.17, 15) is 18.0 Å². The van der Waals surface area contributed by atoms with Crippen LogP contribution < -0.4 is 5.32 Å². The lowest BCUT2D eigenvalue weighted by atomic mass is 10.3. The van der Waals surface area contributed by atoms with Crippen LogP contribution in [0.25, 0.3) is 0 Å². The second-order valence-electron chi connectivity index (χ2n) is 2.96. The Morgan fingerprint density at radius 2 is 2.06 bits per heavy atom.